The number of benzene rings is 2. The molecule has 1 aliphatic heterocycles. The summed E-state index contributed by atoms with van der Waals surface area (Å²) in [6.45, 7) is 8.65. The molecule has 2 atom stereocenters. The van der Waals surface area contributed by atoms with Gasteiger partial charge in [0.15, 0.2) is 0 Å². The lowest BCUT2D eigenvalue weighted by Crippen LogP contribution is -2.36. The van der Waals surface area contributed by atoms with Gasteiger partial charge in [-0.15, -0.1) is 9.24 Å². The van der Waals surface area contributed by atoms with Gasteiger partial charge in [0.25, 0.3) is 0 Å². The molecule has 1 heterocycles. The van der Waals surface area contributed by atoms with E-state index in [4.69, 9.17) is 0 Å². The standard InChI is InChI=1S/C19H22N2.CH5P/c1-15(2)18-11-7-8-12-19(18)21-14-13-20(16(21)3)17-9-5-4-6-10-17;1-2/h4-16H,1-3H3;2H2,1H3. The molecule has 2 nitrogen and oxygen atoms in total. The van der Waals surface area contributed by atoms with Crippen molar-refractivity contribution >= 4 is 20.6 Å². The molecule has 0 aliphatic carbocycles. The Morgan fingerprint density at radius 3 is 2.04 bits per heavy atom. The maximum absolute atomic E-state index is 2.42. The largest absolute Gasteiger partial charge is 0.326 e. The SMILES string of the molecule is CC(C)c1ccccc1N1C=CN(c2ccccc2)C1C.CP. The summed E-state index contributed by atoms with van der Waals surface area (Å²) in [5.41, 5.74) is 3.92. The van der Waals surface area contributed by atoms with Gasteiger partial charge in [0.1, 0.15) is 6.17 Å². The van der Waals surface area contributed by atoms with Crippen molar-refractivity contribution in [3.05, 3.63) is 72.6 Å². The Bertz CT molecular complexity index is 637. The summed E-state index contributed by atoms with van der Waals surface area (Å²) in [6.07, 6.45) is 4.63. The molecule has 0 fully saturated rings. The molecule has 2 unspecified atom stereocenters. The van der Waals surface area contributed by atoms with E-state index in [2.05, 4.69) is 107 Å². The summed E-state index contributed by atoms with van der Waals surface area (Å²) >= 11 is 0. The third-order valence-electron chi connectivity index (χ3n) is 4.08. The fourth-order valence-corrected chi connectivity index (χ4v) is 2.92. The summed E-state index contributed by atoms with van der Waals surface area (Å²) in [5, 5.41) is 0. The van der Waals surface area contributed by atoms with Gasteiger partial charge < -0.3 is 9.80 Å². The van der Waals surface area contributed by atoms with Crippen molar-refractivity contribution in [1.82, 2.24) is 0 Å². The number of hydrogen-bond acceptors (Lipinski definition) is 2. The van der Waals surface area contributed by atoms with Crippen LogP contribution in [0.1, 0.15) is 32.3 Å². The zero-order valence-corrected chi connectivity index (χ0v) is 15.6. The van der Waals surface area contributed by atoms with Gasteiger partial charge >= 0.3 is 0 Å². The molecule has 2 aromatic rings. The molecule has 2 aromatic carbocycles. The van der Waals surface area contributed by atoms with Gasteiger partial charge in [0.2, 0.25) is 0 Å². The first-order valence-electron chi connectivity index (χ1n) is 8.15. The number of rotatable bonds is 3. The van der Waals surface area contributed by atoms with Crippen LogP contribution in [0.3, 0.4) is 0 Å². The van der Waals surface area contributed by atoms with Crippen LogP contribution in [0, 0.1) is 0 Å². The van der Waals surface area contributed by atoms with Crippen LogP contribution in [0.2, 0.25) is 0 Å². The highest BCUT2D eigenvalue weighted by atomic mass is 31.0. The first-order chi connectivity index (χ1) is 11.2. The molecular weight excluding hydrogens is 299 g/mol. The van der Waals surface area contributed by atoms with Gasteiger partial charge in [-0.2, -0.15) is 0 Å². The summed E-state index contributed by atoms with van der Waals surface area (Å²) in [5.74, 6) is 0.521. The number of hydrogen-bond donors (Lipinski definition) is 0. The van der Waals surface area contributed by atoms with E-state index in [0.29, 0.717) is 5.92 Å². The van der Waals surface area contributed by atoms with Crippen molar-refractivity contribution in [1.29, 1.82) is 0 Å². The molecule has 0 bridgehead atoms. The topological polar surface area (TPSA) is 6.48 Å². The van der Waals surface area contributed by atoms with E-state index in [0.717, 1.165) is 0 Å². The van der Waals surface area contributed by atoms with Gasteiger partial charge in [0, 0.05) is 23.8 Å². The average molecular weight is 326 g/mol. The van der Waals surface area contributed by atoms with Crippen LogP contribution in [0.15, 0.2) is 67.0 Å². The molecule has 0 aromatic heterocycles. The van der Waals surface area contributed by atoms with E-state index in [-0.39, 0.29) is 6.17 Å². The smallest absolute Gasteiger partial charge is 0.107 e. The molecule has 0 radical (unpaired) electrons. The molecule has 122 valence electrons. The average Bonchev–Trinajstić information content (AvgIpc) is 2.99. The van der Waals surface area contributed by atoms with Crippen molar-refractivity contribution in [3.8, 4) is 0 Å². The highest BCUT2D eigenvalue weighted by Gasteiger charge is 2.25. The number of anilines is 2. The second-order valence-electron chi connectivity index (χ2n) is 5.79. The molecule has 0 saturated carbocycles. The Morgan fingerprint density at radius 1 is 0.826 bits per heavy atom. The molecule has 23 heavy (non-hydrogen) atoms. The first kappa shape index (κ1) is 17.6. The third-order valence-corrected chi connectivity index (χ3v) is 4.08. The monoisotopic (exact) mass is 326 g/mol. The summed E-state index contributed by atoms with van der Waals surface area (Å²) in [6, 6.07) is 19.2. The minimum Gasteiger partial charge on any atom is -0.326 e. The van der Waals surface area contributed by atoms with Crippen LogP contribution in [0.25, 0.3) is 0 Å². The van der Waals surface area contributed by atoms with E-state index >= 15 is 0 Å². The van der Waals surface area contributed by atoms with Crippen LogP contribution in [0.5, 0.6) is 0 Å². The van der Waals surface area contributed by atoms with Gasteiger partial charge in [-0.05, 0) is 36.6 Å². The van der Waals surface area contributed by atoms with E-state index in [1.807, 2.05) is 6.66 Å². The maximum atomic E-state index is 2.42. The second-order valence-corrected chi connectivity index (χ2v) is 5.79. The molecule has 1 aliphatic rings. The van der Waals surface area contributed by atoms with Crippen LogP contribution in [-0.4, -0.2) is 12.8 Å². The van der Waals surface area contributed by atoms with Crippen molar-refractivity contribution in [3.63, 3.8) is 0 Å². The van der Waals surface area contributed by atoms with Crippen molar-refractivity contribution in [2.75, 3.05) is 16.5 Å². The minimum absolute atomic E-state index is 0.285. The zero-order valence-electron chi connectivity index (χ0n) is 14.5. The van der Waals surface area contributed by atoms with Gasteiger partial charge in [-0.25, -0.2) is 0 Å². The maximum Gasteiger partial charge on any atom is 0.107 e. The van der Waals surface area contributed by atoms with Gasteiger partial charge in [-0.3, -0.25) is 0 Å². The second kappa shape index (κ2) is 8.17. The highest BCUT2D eigenvalue weighted by Crippen LogP contribution is 2.33. The molecule has 0 saturated heterocycles. The minimum atomic E-state index is 0.285. The van der Waals surface area contributed by atoms with E-state index in [1.165, 1.54) is 16.9 Å². The number of nitrogens with zero attached hydrogens (tertiary/aromatic N) is 2. The van der Waals surface area contributed by atoms with Gasteiger partial charge in [0.05, 0.1) is 0 Å². The number of para-hydroxylation sites is 2. The lowest BCUT2D eigenvalue weighted by molar-refractivity contribution is 0.740. The van der Waals surface area contributed by atoms with Crippen molar-refractivity contribution < 1.29 is 0 Å². The molecule has 3 heteroatoms. The Hall–Kier alpha value is -1.79. The lowest BCUT2D eigenvalue weighted by Gasteiger charge is -2.31. The fraction of sp³-hybridized carbons (Fsp3) is 0.300. The predicted molar refractivity (Wildman–Crippen MR) is 106 cm³/mol. The third kappa shape index (κ3) is 3.76. The van der Waals surface area contributed by atoms with Crippen LogP contribution in [0.4, 0.5) is 11.4 Å². The molecule has 0 N–H and O–H groups in total. The predicted octanol–water partition coefficient (Wildman–Crippen LogP) is 5.45. The van der Waals surface area contributed by atoms with Crippen molar-refractivity contribution in [2.24, 2.45) is 0 Å². The summed E-state index contributed by atoms with van der Waals surface area (Å²) < 4.78 is 0. The van der Waals surface area contributed by atoms with Crippen LogP contribution >= 0.6 is 9.24 Å². The molecule has 0 amide bonds. The zero-order chi connectivity index (χ0) is 16.8. The Balaban J connectivity index is 0.000000924. The van der Waals surface area contributed by atoms with Crippen LogP contribution < -0.4 is 9.80 Å². The first-order valence-corrected chi connectivity index (χ1v) is 9.30. The van der Waals surface area contributed by atoms with Crippen LogP contribution in [-0.2, 0) is 0 Å². The van der Waals surface area contributed by atoms with E-state index in [1.54, 1.807) is 0 Å². The van der Waals surface area contributed by atoms with Gasteiger partial charge in [-0.1, -0.05) is 56.9 Å². The molecule has 0 spiro atoms. The lowest BCUT2D eigenvalue weighted by atomic mass is 10.0. The Kier molecular flexibility index (Phi) is 6.24. The quantitative estimate of drug-likeness (QED) is 0.693. The fourth-order valence-electron chi connectivity index (χ4n) is 2.92. The van der Waals surface area contributed by atoms with Crippen molar-refractivity contribution in [2.45, 2.75) is 32.9 Å². The molecule has 3 rings (SSSR count). The van der Waals surface area contributed by atoms with E-state index in [9.17, 15) is 0 Å². The Labute approximate surface area is 143 Å². The summed E-state index contributed by atoms with van der Waals surface area (Å²) in [4.78, 5) is 4.65. The normalized spacial score (nSPS) is 16.5. The summed E-state index contributed by atoms with van der Waals surface area (Å²) in [7, 11) is 2.42. The Morgan fingerprint density at radius 2 is 1.39 bits per heavy atom. The molecular formula is C20H27N2P. The van der Waals surface area contributed by atoms with E-state index < -0.39 is 0 Å². The highest BCUT2D eigenvalue weighted by molar-refractivity contribution is 7.15.